The van der Waals surface area contributed by atoms with Crippen LogP contribution in [0.1, 0.15) is 6.92 Å². The van der Waals surface area contributed by atoms with Crippen molar-refractivity contribution in [3.63, 3.8) is 0 Å². The molecule has 0 radical (unpaired) electrons. The molecule has 0 saturated heterocycles. The first-order valence-corrected chi connectivity index (χ1v) is 12.2. The van der Waals surface area contributed by atoms with Crippen LogP contribution in [0.25, 0.3) is 11.3 Å². The summed E-state index contributed by atoms with van der Waals surface area (Å²) in [5.74, 6) is -3.91. The maximum absolute atomic E-state index is 13.6. The van der Waals surface area contributed by atoms with Crippen molar-refractivity contribution in [3.8, 4) is 11.3 Å². The Morgan fingerprint density at radius 1 is 1.16 bits per heavy atom. The van der Waals surface area contributed by atoms with E-state index in [0.29, 0.717) is 11.8 Å². The normalized spacial score (nSPS) is 12.3. The number of anilines is 2. The first-order chi connectivity index (χ1) is 15.0. The number of carbonyl (C=O) groups excluding carboxylic acids is 1. The summed E-state index contributed by atoms with van der Waals surface area (Å²) >= 11 is 0.833. The smallest absolute Gasteiger partial charge is 0.182 e. The van der Waals surface area contributed by atoms with Crippen LogP contribution in [-0.4, -0.2) is 34.4 Å². The van der Waals surface area contributed by atoms with Crippen LogP contribution in [-0.2, 0) is 12.4 Å². The Hall–Kier alpha value is -2.82. The average molecular weight is 534 g/mol. The van der Waals surface area contributed by atoms with Gasteiger partial charge in [0.15, 0.2) is 11.6 Å². The molecular formula is C19H16AsClF3N3O5. The average Bonchev–Trinajstić information content (AvgIpc) is 2.73. The molecule has 0 spiro atoms. The van der Waals surface area contributed by atoms with Gasteiger partial charge < -0.3 is 5.73 Å². The second kappa shape index (κ2) is 10.7. The van der Waals surface area contributed by atoms with Crippen molar-refractivity contribution in [2.75, 3.05) is 11.1 Å². The zero-order chi connectivity index (χ0) is 24.1. The largest absolute Gasteiger partial charge is 0.396 e. The molecule has 0 saturated carbocycles. The minimum Gasteiger partial charge on any atom is -0.396 e. The van der Waals surface area contributed by atoms with Crippen LogP contribution < -0.4 is 15.4 Å². The topological polar surface area (TPSA) is 135 Å². The first-order valence-electron chi connectivity index (χ1n) is 8.56. The maximum atomic E-state index is 13.6. The van der Waals surface area contributed by atoms with E-state index in [1.807, 2.05) is 0 Å². The van der Waals surface area contributed by atoms with Gasteiger partial charge in [0.05, 0.1) is 16.9 Å². The Morgan fingerprint density at radius 2 is 1.78 bits per heavy atom. The molecular weight excluding hydrogens is 518 g/mol. The van der Waals surface area contributed by atoms with Crippen LogP contribution in [0.3, 0.4) is 0 Å². The van der Waals surface area contributed by atoms with Gasteiger partial charge in [0, 0.05) is 6.07 Å². The summed E-state index contributed by atoms with van der Waals surface area (Å²) in [6.07, 6.45) is 0. The molecule has 3 aromatic rings. The van der Waals surface area contributed by atoms with Gasteiger partial charge in [-0.25, -0.2) is 18.2 Å². The van der Waals surface area contributed by atoms with Crippen molar-refractivity contribution >= 4 is 47.4 Å². The monoisotopic (exact) mass is 533 g/mol. The molecule has 1 aromatic heterocycles. The Balaban J connectivity index is 0.000000229. The molecule has 0 aliphatic heterocycles. The van der Waals surface area contributed by atoms with Crippen molar-refractivity contribution in [2.24, 2.45) is 0 Å². The zero-order valence-electron chi connectivity index (χ0n) is 16.2. The van der Waals surface area contributed by atoms with E-state index in [9.17, 15) is 21.7 Å². The molecule has 0 aliphatic rings. The molecule has 3 rings (SSSR count). The van der Waals surface area contributed by atoms with E-state index < -0.39 is 42.9 Å². The predicted molar refractivity (Wildman–Crippen MR) is 112 cm³/mol. The Bertz CT molecular complexity index is 1180. The van der Waals surface area contributed by atoms with Gasteiger partial charge in [-0.05, 0) is 12.1 Å². The second-order valence-corrected chi connectivity index (χ2v) is 10.1. The number of aromatic nitrogens is 1. The summed E-state index contributed by atoms with van der Waals surface area (Å²) < 4.78 is 64.2. The quantitative estimate of drug-likeness (QED) is 0.101. The molecule has 5 N–H and O–H groups in total. The third-order valence-corrected chi connectivity index (χ3v) is 6.45. The number of hydrogen-bond donors (Lipinski definition) is 4. The molecule has 0 bridgehead atoms. The number of pyridine rings is 1. The van der Waals surface area contributed by atoms with Crippen LogP contribution >= 0.6 is 11.6 Å². The fourth-order valence-corrected chi connectivity index (χ4v) is 3.84. The Labute approximate surface area is 187 Å². The van der Waals surface area contributed by atoms with E-state index in [-0.39, 0.29) is 21.1 Å². The first kappa shape index (κ1) is 25.4. The van der Waals surface area contributed by atoms with E-state index in [4.69, 9.17) is 26.7 Å². The number of nitrogens with one attached hydrogen (secondary N) is 1. The van der Waals surface area contributed by atoms with Crippen LogP contribution in [0.4, 0.5) is 24.5 Å². The van der Waals surface area contributed by atoms with Crippen LogP contribution in [0.15, 0.2) is 48.5 Å². The minimum atomic E-state index is -4.76. The van der Waals surface area contributed by atoms with Crippen molar-refractivity contribution in [3.05, 3.63) is 71.1 Å². The van der Waals surface area contributed by atoms with Crippen LogP contribution in [0.2, 0.25) is 5.15 Å². The SMILES string of the molecule is CC(=O)Nc1ccc([As](=O)(O)OO)cc1.Nc1cc(F)c(-c2cccc(Cl)n2)c(F)c1F. The fraction of sp³-hybridized carbons (Fsp3) is 0.0526. The van der Waals surface area contributed by atoms with Crippen molar-refractivity contribution in [1.29, 1.82) is 0 Å². The molecule has 13 heteroatoms. The number of halogens is 4. The van der Waals surface area contributed by atoms with Gasteiger partial charge in [-0.1, -0.05) is 17.7 Å². The summed E-state index contributed by atoms with van der Waals surface area (Å²) in [5.41, 5.74) is 4.33. The van der Waals surface area contributed by atoms with E-state index in [1.54, 1.807) is 0 Å². The number of benzene rings is 2. The van der Waals surface area contributed by atoms with Gasteiger partial charge in [-0.2, -0.15) is 0 Å². The molecule has 0 fully saturated rings. The molecule has 1 unspecified atom stereocenters. The third kappa shape index (κ3) is 6.35. The predicted octanol–water partition coefficient (Wildman–Crippen LogP) is 3.10. The Morgan fingerprint density at radius 3 is 2.31 bits per heavy atom. The van der Waals surface area contributed by atoms with E-state index in [0.717, 1.165) is 0 Å². The van der Waals surface area contributed by atoms with Crippen molar-refractivity contribution < 1.29 is 34.9 Å². The summed E-state index contributed by atoms with van der Waals surface area (Å²) in [5, 5.41) is 10.8. The molecule has 170 valence electrons. The summed E-state index contributed by atoms with van der Waals surface area (Å²) in [7, 11) is 0. The van der Waals surface area contributed by atoms with Gasteiger partial charge >= 0.3 is 88.4 Å². The fourth-order valence-electron chi connectivity index (χ4n) is 2.38. The molecule has 32 heavy (non-hydrogen) atoms. The van der Waals surface area contributed by atoms with E-state index in [2.05, 4.69) is 14.2 Å². The number of nitrogen functional groups attached to an aromatic ring is 1. The van der Waals surface area contributed by atoms with Gasteiger partial charge in [0.25, 0.3) is 0 Å². The van der Waals surface area contributed by atoms with Crippen molar-refractivity contribution in [2.45, 2.75) is 6.92 Å². The molecule has 1 atom stereocenters. The van der Waals surface area contributed by atoms with Gasteiger partial charge in [-0.3, -0.25) is 0 Å². The van der Waals surface area contributed by atoms with Crippen molar-refractivity contribution in [1.82, 2.24) is 4.98 Å². The summed E-state index contributed by atoms with van der Waals surface area (Å²) in [6, 6.07) is 10.4. The molecule has 1 heterocycles. The van der Waals surface area contributed by atoms with E-state index >= 15 is 0 Å². The number of nitrogens with two attached hydrogens (primary N) is 1. The van der Waals surface area contributed by atoms with Gasteiger partial charge in [0.1, 0.15) is 11.0 Å². The van der Waals surface area contributed by atoms with Crippen LogP contribution in [0.5, 0.6) is 0 Å². The third-order valence-electron chi connectivity index (χ3n) is 3.78. The number of amides is 1. The number of hydrogen-bond acceptors (Lipinski definition) is 6. The number of nitrogens with zero attached hydrogens (tertiary/aromatic N) is 1. The standard InChI is InChI=1S/C11H6ClF3N2.C8H10AsNO5/c12-8-3-1-2-7(17-8)9-5(13)4-6(16)10(14)11(9)15;1-6(11)10-8-4-2-7(3-5-8)9(12,13)15-14/h1-4H,16H2;2-5,14H,1H3,(H,10,11)(H,12,13). The van der Waals surface area contributed by atoms with Gasteiger partial charge in [0.2, 0.25) is 0 Å². The number of rotatable bonds is 4. The van der Waals surface area contributed by atoms with Gasteiger partial charge in [-0.15, -0.1) is 0 Å². The summed E-state index contributed by atoms with van der Waals surface area (Å²) in [6.45, 7) is 1.35. The van der Waals surface area contributed by atoms with E-state index in [1.165, 1.54) is 49.4 Å². The Kier molecular flexibility index (Phi) is 8.48. The van der Waals surface area contributed by atoms with Crippen LogP contribution in [0, 0.1) is 17.5 Å². The molecule has 1 amide bonds. The second-order valence-electron chi connectivity index (χ2n) is 6.13. The molecule has 0 aliphatic carbocycles. The summed E-state index contributed by atoms with van der Waals surface area (Å²) in [4.78, 5) is 14.4. The zero-order valence-corrected chi connectivity index (χ0v) is 18.9. The maximum Gasteiger partial charge on any atom is 0.182 e. The number of carbonyl (C=O) groups is 1. The molecule has 2 aromatic carbocycles. The minimum absolute atomic E-state index is 0.00438. The molecule has 8 nitrogen and oxygen atoms in total.